The molecule has 0 aromatic rings. The second-order valence-electron chi connectivity index (χ2n) is 7.36. The van der Waals surface area contributed by atoms with E-state index in [-0.39, 0.29) is 18.9 Å². The normalized spacial score (nSPS) is 16.0. The zero-order valence-corrected chi connectivity index (χ0v) is 16.3. The van der Waals surface area contributed by atoms with Gasteiger partial charge in [-0.1, -0.05) is 24.4 Å². The highest BCUT2D eigenvalue weighted by molar-refractivity contribution is 6.29. The molecule has 0 aromatic heterocycles. The van der Waals surface area contributed by atoms with Crippen LogP contribution in [0.3, 0.4) is 0 Å². The first-order valence-corrected chi connectivity index (χ1v) is 9.00. The van der Waals surface area contributed by atoms with E-state index in [1.165, 1.54) is 0 Å². The Hall–Kier alpha value is -2.10. The van der Waals surface area contributed by atoms with Gasteiger partial charge in [-0.15, -0.1) is 0 Å². The minimum Gasteiger partial charge on any atom is -0.444 e. The predicted octanol–water partition coefficient (Wildman–Crippen LogP) is 0.949. The highest BCUT2D eigenvalue weighted by Gasteiger charge is 2.33. The Morgan fingerprint density at radius 2 is 1.89 bits per heavy atom. The van der Waals surface area contributed by atoms with Crippen molar-refractivity contribution in [3.05, 3.63) is 0 Å². The van der Waals surface area contributed by atoms with E-state index in [9.17, 15) is 23.6 Å². The predicted molar refractivity (Wildman–Crippen MR) is 94.9 cm³/mol. The molecule has 2 unspecified atom stereocenters. The monoisotopic (exact) mass is 408 g/mol. The van der Waals surface area contributed by atoms with Gasteiger partial charge in [0, 0.05) is 6.42 Å². The van der Waals surface area contributed by atoms with E-state index in [4.69, 9.17) is 22.1 Å². The highest BCUT2D eigenvalue weighted by atomic mass is 35.5. The summed E-state index contributed by atoms with van der Waals surface area (Å²) in [5.41, 5.74) is 4.05. The number of halogens is 2. The Labute approximate surface area is 162 Å². The van der Waals surface area contributed by atoms with Crippen molar-refractivity contribution in [3.8, 4) is 0 Å². The number of nitrogens with two attached hydrogens (primary N) is 1. The summed E-state index contributed by atoms with van der Waals surface area (Å²) in [5.74, 6) is -2.47. The van der Waals surface area contributed by atoms with E-state index < -0.39 is 41.1 Å². The number of hydrogen-bond acceptors (Lipinski definition) is 5. The number of rotatable bonds is 8. The van der Waals surface area contributed by atoms with Crippen LogP contribution in [0.2, 0.25) is 0 Å². The van der Waals surface area contributed by atoms with E-state index >= 15 is 0 Å². The first-order valence-electron chi connectivity index (χ1n) is 8.57. The average molecular weight is 409 g/mol. The molecule has 0 radical (unpaired) electrons. The minimum atomic E-state index is -2.40. The minimum absolute atomic E-state index is 0.257. The first-order chi connectivity index (χ1) is 12.4. The third-order valence-corrected chi connectivity index (χ3v) is 3.74. The fourth-order valence-corrected chi connectivity index (χ4v) is 2.26. The molecule has 0 spiro atoms. The molecule has 0 saturated heterocycles. The van der Waals surface area contributed by atoms with E-state index in [1.54, 1.807) is 20.8 Å². The summed E-state index contributed by atoms with van der Waals surface area (Å²) in [7, 11) is 0. The van der Waals surface area contributed by atoms with E-state index in [0.717, 1.165) is 12.8 Å². The van der Waals surface area contributed by atoms with E-state index in [0.29, 0.717) is 11.4 Å². The maximum atomic E-state index is 13.2. The number of hydrogen-bond donors (Lipinski definition) is 3. The Morgan fingerprint density at radius 1 is 1.30 bits per heavy atom. The fourth-order valence-electron chi connectivity index (χ4n) is 2.14. The Kier molecular flexibility index (Phi) is 8.26. The molecule has 1 aliphatic rings. The molecular weight excluding hydrogens is 383 g/mol. The van der Waals surface area contributed by atoms with Gasteiger partial charge in [-0.2, -0.15) is 0 Å². The number of primary amides is 1. The van der Waals surface area contributed by atoms with E-state index in [1.807, 2.05) is 0 Å². The van der Waals surface area contributed by atoms with E-state index in [2.05, 4.69) is 10.7 Å². The second kappa shape index (κ2) is 9.72. The second-order valence-corrected chi connectivity index (χ2v) is 7.74. The third-order valence-electron chi connectivity index (χ3n) is 3.55. The molecule has 2 atom stereocenters. The van der Waals surface area contributed by atoms with Gasteiger partial charge in [0.2, 0.25) is 5.91 Å². The lowest BCUT2D eigenvalue weighted by Gasteiger charge is -2.27. The number of ether oxygens (including phenoxy) is 1. The standard InChI is InChI=1S/C16H26ClFN4O5/c1-16(2,3)27-15(26)20-10(8-9-4-5-9)13(24)21-22(7-6-11(19)23)14(25)12(17)18/h9-10,12H,4-8H2,1-3H3,(H2,19,23)(H,20,26)(H,21,24). The molecule has 0 bridgehead atoms. The molecule has 0 heterocycles. The van der Waals surface area contributed by atoms with Crippen molar-refractivity contribution in [1.82, 2.24) is 15.8 Å². The van der Waals surface area contributed by atoms with Gasteiger partial charge in [-0.05, 0) is 33.1 Å². The molecule has 1 rings (SSSR count). The summed E-state index contributed by atoms with van der Waals surface area (Å²) < 4.78 is 18.3. The van der Waals surface area contributed by atoms with Gasteiger partial charge in [0.05, 0.1) is 6.54 Å². The van der Waals surface area contributed by atoms with Gasteiger partial charge in [-0.3, -0.25) is 19.8 Å². The molecule has 1 saturated carbocycles. The zero-order valence-electron chi connectivity index (χ0n) is 15.6. The van der Waals surface area contributed by atoms with Gasteiger partial charge >= 0.3 is 6.09 Å². The van der Waals surface area contributed by atoms with Crippen LogP contribution in [-0.2, 0) is 19.1 Å². The van der Waals surface area contributed by atoms with Gasteiger partial charge in [0.15, 0.2) is 0 Å². The Balaban J connectivity index is 2.79. The number of alkyl halides is 2. The number of alkyl carbamates (subject to hydrolysis) is 1. The van der Waals surface area contributed by atoms with Crippen molar-refractivity contribution in [2.24, 2.45) is 11.7 Å². The third kappa shape index (κ3) is 9.41. The summed E-state index contributed by atoms with van der Waals surface area (Å²) in [6.07, 6.45) is 1.07. The number of nitrogens with zero attached hydrogens (tertiary/aromatic N) is 1. The summed E-state index contributed by atoms with van der Waals surface area (Å²) >= 11 is 5.14. The molecular formula is C16H26ClFN4O5. The molecule has 0 aromatic carbocycles. The Morgan fingerprint density at radius 3 is 2.33 bits per heavy atom. The molecule has 4 amide bonds. The number of amides is 4. The van der Waals surface area contributed by atoms with Gasteiger partial charge in [0.25, 0.3) is 17.4 Å². The van der Waals surface area contributed by atoms with Crippen LogP contribution in [0.4, 0.5) is 9.18 Å². The number of carbonyl (C=O) groups is 4. The quantitative estimate of drug-likeness (QED) is 0.406. The number of hydrazine groups is 1. The first kappa shape index (κ1) is 22.9. The van der Waals surface area contributed by atoms with Crippen LogP contribution in [0.1, 0.15) is 46.5 Å². The van der Waals surface area contributed by atoms with Crippen LogP contribution in [0.5, 0.6) is 0 Å². The van der Waals surface area contributed by atoms with Crippen LogP contribution in [0.15, 0.2) is 0 Å². The SMILES string of the molecule is CC(C)(C)OC(=O)NC(CC1CC1)C(=O)NN(CCC(N)=O)C(=O)C(F)Cl. The van der Waals surface area contributed by atoms with Crippen molar-refractivity contribution in [3.63, 3.8) is 0 Å². The van der Waals surface area contributed by atoms with Crippen molar-refractivity contribution >= 4 is 35.4 Å². The molecule has 1 fully saturated rings. The van der Waals surface area contributed by atoms with Crippen LogP contribution in [0, 0.1) is 5.92 Å². The van der Waals surface area contributed by atoms with Crippen LogP contribution >= 0.6 is 11.6 Å². The van der Waals surface area contributed by atoms with Crippen molar-refractivity contribution < 1.29 is 28.3 Å². The molecule has 11 heteroatoms. The highest BCUT2D eigenvalue weighted by Crippen LogP contribution is 2.33. The number of carbonyl (C=O) groups excluding carboxylic acids is 4. The smallest absolute Gasteiger partial charge is 0.408 e. The topological polar surface area (TPSA) is 131 Å². The molecule has 9 nitrogen and oxygen atoms in total. The van der Waals surface area contributed by atoms with Gasteiger partial charge in [0.1, 0.15) is 11.6 Å². The van der Waals surface area contributed by atoms with Crippen LogP contribution in [-0.4, -0.2) is 52.6 Å². The molecule has 0 aliphatic heterocycles. The van der Waals surface area contributed by atoms with Crippen molar-refractivity contribution in [2.75, 3.05) is 6.54 Å². The zero-order chi connectivity index (χ0) is 20.8. The Bertz CT molecular complexity index is 578. The molecule has 4 N–H and O–H groups in total. The summed E-state index contributed by atoms with van der Waals surface area (Å²) in [6.45, 7) is 4.67. The number of nitrogens with one attached hydrogen (secondary N) is 2. The van der Waals surface area contributed by atoms with Gasteiger partial charge in [-0.25, -0.2) is 14.2 Å². The lowest BCUT2D eigenvalue weighted by Crippen LogP contribution is -2.56. The summed E-state index contributed by atoms with van der Waals surface area (Å²) in [4.78, 5) is 47.2. The van der Waals surface area contributed by atoms with Crippen molar-refractivity contribution in [2.45, 2.75) is 63.7 Å². The maximum Gasteiger partial charge on any atom is 0.408 e. The lowest BCUT2D eigenvalue weighted by molar-refractivity contribution is -0.144. The largest absolute Gasteiger partial charge is 0.444 e. The lowest BCUT2D eigenvalue weighted by atomic mass is 10.1. The molecule has 1 aliphatic carbocycles. The van der Waals surface area contributed by atoms with Gasteiger partial charge < -0.3 is 15.8 Å². The summed E-state index contributed by atoms with van der Waals surface area (Å²) in [5, 5.41) is 3.04. The average Bonchev–Trinajstić information content (AvgIpc) is 3.31. The molecule has 27 heavy (non-hydrogen) atoms. The molecule has 154 valence electrons. The van der Waals surface area contributed by atoms with Crippen LogP contribution in [0.25, 0.3) is 0 Å². The van der Waals surface area contributed by atoms with Crippen molar-refractivity contribution in [1.29, 1.82) is 0 Å². The fraction of sp³-hybridized carbons (Fsp3) is 0.750. The maximum absolute atomic E-state index is 13.2. The summed E-state index contributed by atoms with van der Waals surface area (Å²) in [6, 6.07) is -0.996. The van der Waals surface area contributed by atoms with Crippen LogP contribution < -0.4 is 16.5 Å².